The Balaban J connectivity index is 2.00. The van der Waals surface area contributed by atoms with Crippen LogP contribution < -0.4 is 0 Å². The summed E-state index contributed by atoms with van der Waals surface area (Å²) in [5.41, 5.74) is 4.14. The van der Waals surface area contributed by atoms with E-state index < -0.39 is 0 Å². The third kappa shape index (κ3) is 1.62. The number of hydrogen-bond acceptors (Lipinski definition) is 4. The van der Waals surface area contributed by atoms with Crippen LogP contribution in [0.3, 0.4) is 0 Å². The quantitative estimate of drug-likeness (QED) is 0.573. The lowest BCUT2D eigenvalue weighted by Crippen LogP contribution is -1.82. The van der Waals surface area contributed by atoms with E-state index in [1.54, 1.807) is 17.5 Å². The van der Waals surface area contributed by atoms with Crippen LogP contribution in [0.1, 0.15) is 5.01 Å². The molecule has 0 saturated carbocycles. The van der Waals surface area contributed by atoms with Gasteiger partial charge in [0.15, 0.2) is 5.65 Å². The molecule has 0 bridgehead atoms. The number of fused-ring (bicyclic) bond motifs is 2. The molecule has 0 aliphatic heterocycles. The minimum Gasteiger partial charge on any atom is -0.261 e. The average Bonchev–Trinajstić information content (AvgIpc) is 3.01. The summed E-state index contributed by atoms with van der Waals surface area (Å²) in [7, 11) is 0. The standard InChI is InChI=1S/C14H10N4S/c1-8-17-12-6-9(2-3-13(12)19-8)10-4-5-15-14-11(10)7-16-18-14/h2-7H,1H3,(H,15,16,18). The summed E-state index contributed by atoms with van der Waals surface area (Å²) >= 11 is 1.72. The van der Waals surface area contributed by atoms with Gasteiger partial charge in [0.05, 0.1) is 21.4 Å². The van der Waals surface area contributed by atoms with E-state index >= 15 is 0 Å². The number of aromatic amines is 1. The van der Waals surface area contributed by atoms with Gasteiger partial charge in [-0.2, -0.15) is 5.10 Å². The molecule has 0 unspecified atom stereocenters. The Morgan fingerprint density at radius 2 is 2.16 bits per heavy atom. The van der Waals surface area contributed by atoms with Gasteiger partial charge < -0.3 is 0 Å². The zero-order valence-corrected chi connectivity index (χ0v) is 11.0. The van der Waals surface area contributed by atoms with Crippen molar-refractivity contribution in [2.24, 2.45) is 0 Å². The first-order valence-electron chi connectivity index (χ1n) is 5.97. The summed E-state index contributed by atoms with van der Waals surface area (Å²) in [6, 6.07) is 8.39. The molecular weight excluding hydrogens is 256 g/mol. The molecule has 0 radical (unpaired) electrons. The number of hydrogen-bond donors (Lipinski definition) is 1. The van der Waals surface area contributed by atoms with E-state index in [4.69, 9.17) is 0 Å². The summed E-state index contributed by atoms with van der Waals surface area (Å²) in [5, 5.41) is 9.08. The molecular formula is C14H10N4S. The summed E-state index contributed by atoms with van der Waals surface area (Å²) in [5.74, 6) is 0. The number of thiazole rings is 1. The van der Waals surface area contributed by atoms with Crippen LogP contribution in [0.2, 0.25) is 0 Å². The van der Waals surface area contributed by atoms with E-state index in [0.29, 0.717) is 0 Å². The summed E-state index contributed by atoms with van der Waals surface area (Å²) < 4.78 is 1.22. The van der Waals surface area contributed by atoms with Crippen molar-refractivity contribution in [3.05, 3.63) is 41.7 Å². The fourth-order valence-electron chi connectivity index (χ4n) is 2.31. The molecule has 1 N–H and O–H groups in total. The average molecular weight is 266 g/mol. The zero-order chi connectivity index (χ0) is 12.8. The van der Waals surface area contributed by atoms with Crippen LogP contribution in [0.15, 0.2) is 36.7 Å². The van der Waals surface area contributed by atoms with E-state index in [1.165, 1.54) is 4.70 Å². The van der Waals surface area contributed by atoms with Gasteiger partial charge >= 0.3 is 0 Å². The molecule has 0 atom stereocenters. The molecule has 0 spiro atoms. The highest BCUT2D eigenvalue weighted by atomic mass is 32.1. The number of benzene rings is 1. The predicted octanol–water partition coefficient (Wildman–Crippen LogP) is 3.54. The minimum atomic E-state index is 0.812. The van der Waals surface area contributed by atoms with Crippen molar-refractivity contribution in [1.82, 2.24) is 20.2 Å². The Hall–Kier alpha value is -2.27. The first kappa shape index (κ1) is 10.6. The van der Waals surface area contributed by atoms with Gasteiger partial charge in [0.1, 0.15) is 0 Å². The van der Waals surface area contributed by atoms with Crippen LogP contribution in [-0.2, 0) is 0 Å². The number of H-pyrrole nitrogens is 1. The number of aryl methyl sites for hydroxylation is 1. The van der Waals surface area contributed by atoms with Crippen LogP contribution in [0.5, 0.6) is 0 Å². The third-order valence-electron chi connectivity index (χ3n) is 3.16. The molecule has 0 aliphatic rings. The molecule has 92 valence electrons. The molecule has 5 heteroatoms. The highest BCUT2D eigenvalue weighted by Crippen LogP contribution is 2.30. The van der Waals surface area contributed by atoms with Crippen molar-refractivity contribution in [2.45, 2.75) is 6.92 Å². The molecule has 0 fully saturated rings. The highest BCUT2D eigenvalue weighted by molar-refractivity contribution is 7.18. The van der Waals surface area contributed by atoms with Crippen molar-refractivity contribution in [2.75, 3.05) is 0 Å². The Labute approximate surface area is 113 Å². The number of nitrogens with one attached hydrogen (secondary N) is 1. The molecule has 19 heavy (non-hydrogen) atoms. The van der Waals surface area contributed by atoms with Crippen molar-refractivity contribution < 1.29 is 0 Å². The molecule has 3 aromatic heterocycles. The second-order valence-electron chi connectivity index (χ2n) is 4.41. The fraction of sp³-hybridized carbons (Fsp3) is 0.0714. The molecule has 4 nitrogen and oxygen atoms in total. The lowest BCUT2D eigenvalue weighted by atomic mass is 10.0. The van der Waals surface area contributed by atoms with Crippen molar-refractivity contribution in [3.8, 4) is 11.1 Å². The minimum absolute atomic E-state index is 0.812. The van der Waals surface area contributed by atoms with E-state index in [9.17, 15) is 0 Å². The molecule has 0 saturated heterocycles. The van der Waals surface area contributed by atoms with Gasteiger partial charge in [-0.1, -0.05) is 6.07 Å². The van der Waals surface area contributed by atoms with Gasteiger partial charge in [-0.05, 0) is 36.2 Å². The summed E-state index contributed by atoms with van der Waals surface area (Å²) in [6.07, 6.45) is 3.61. The highest BCUT2D eigenvalue weighted by Gasteiger charge is 2.08. The Morgan fingerprint density at radius 3 is 3.11 bits per heavy atom. The van der Waals surface area contributed by atoms with Crippen LogP contribution in [0, 0.1) is 6.92 Å². The second-order valence-corrected chi connectivity index (χ2v) is 5.64. The zero-order valence-electron chi connectivity index (χ0n) is 10.2. The van der Waals surface area contributed by atoms with Gasteiger partial charge in [-0.3, -0.25) is 5.10 Å². The van der Waals surface area contributed by atoms with E-state index in [1.807, 2.05) is 19.2 Å². The van der Waals surface area contributed by atoms with E-state index in [-0.39, 0.29) is 0 Å². The van der Waals surface area contributed by atoms with E-state index in [2.05, 4.69) is 38.4 Å². The summed E-state index contributed by atoms with van der Waals surface area (Å²) in [4.78, 5) is 8.81. The first-order chi connectivity index (χ1) is 9.31. The largest absolute Gasteiger partial charge is 0.261 e. The topological polar surface area (TPSA) is 54.5 Å². The Kier molecular flexibility index (Phi) is 2.16. The van der Waals surface area contributed by atoms with E-state index in [0.717, 1.165) is 32.7 Å². The second kappa shape index (κ2) is 3.86. The number of aromatic nitrogens is 4. The maximum atomic E-state index is 4.55. The molecule has 3 heterocycles. The van der Waals surface area contributed by atoms with Crippen LogP contribution in [-0.4, -0.2) is 20.2 Å². The predicted molar refractivity (Wildman–Crippen MR) is 77.2 cm³/mol. The summed E-state index contributed by atoms with van der Waals surface area (Å²) in [6.45, 7) is 2.03. The first-order valence-corrected chi connectivity index (χ1v) is 6.78. The molecule has 0 aliphatic carbocycles. The number of nitrogens with zero attached hydrogens (tertiary/aromatic N) is 3. The number of pyridine rings is 1. The third-order valence-corrected chi connectivity index (χ3v) is 4.11. The normalized spacial score (nSPS) is 11.4. The number of rotatable bonds is 1. The Morgan fingerprint density at radius 1 is 1.21 bits per heavy atom. The molecule has 4 aromatic rings. The van der Waals surface area contributed by atoms with Gasteiger partial charge in [0.25, 0.3) is 0 Å². The SMILES string of the molecule is Cc1nc2cc(-c3ccnc4[nH]ncc34)ccc2s1. The van der Waals surface area contributed by atoms with Crippen LogP contribution in [0.4, 0.5) is 0 Å². The molecule has 1 aromatic carbocycles. The lowest BCUT2D eigenvalue weighted by Gasteiger charge is -2.02. The van der Waals surface area contributed by atoms with Gasteiger partial charge in [-0.15, -0.1) is 11.3 Å². The maximum Gasteiger partial charge on any atom is 0.155 e. The van der Waals surface area contributed by atoms with Crippen molar-refractivity contribution >= 4 is 32.6 Å². The van der Waals surface area contributed by atoms with Gasteiger partial charge in [-0.25, -0.2) is 9.97 Å². The Bertz CT molecular complexity index is 891. The van der Waals surface area contributed by atoms with Gasteiger partial charge in [0.2, 0.25) is 0 Å². The maximum absolute atomic E-state index is 4.55. The van der Waals surface area contributed by atoms with Crippen LogP contribution >= 0.6 is 11.3 Å². The smallest absolute Gasteiger partial charge is 0.155 e. The van der Waals surface area contributed by atoms with Crippen molar-refractivity contribution in [1.29, 1.82) is 0 Å². The monoisotopic (exact) mass is 266 g/mol. The van der Waals surface area contributed by atoms with Crippen LogP contribution in [0.25, 0.3) is 32.4 Å². The molecule has 4 rings (SSSR count). The molecule has 0 amide bonds. The fourth-order valence-corrected chi connectivity index (χ4v) is 3.12. The van der Waals surface area contributed by atoms with Crippen molar-refractivity contribution in [3.63, 3.8) is 0 Å². The lowest BCUT2D eigenvalue weighted by molar-refractivity contribution is 1.10. The van der Waals surface area contributed by atoms with Gasteiger partial charge in [0, 0.05) is 11.6 Å².